The number of hydrogen-bond donors (Lipinski definition) is 3. The van der Waals surface area contributed by atoms with E-state index in [1.807, 2.05) is 0 Å². The lowest BCUT2D eigenvalue weighted by Gasteiger charge is -2.18. The van der Waals surface area contributed by atoms with Crippen LogP contribution in [0.25, 0.3) is 11.4 Å². The largest absolute Gasteiger partial charge is 0.491 e. The van der Waals surface area contributed by atoms with E-state index in [9.17, 15) is 19.5 Å². The van der Waals surface area contributed by atoms with Crippen molar-refractivity contribution in [3.05, 3.63) is 50.6 Å². The van der Waals surface area contributed by atoms with Gasteiger partial charge in [0.1, 0.15) is 17.1 Å². The lowest BCUT2D eigenvalue weighted by Crippen LogP contribution is -2.28. The molecule has 0 aromatic carbocycles. The number of fused-ring (bicyclic) bond motifs is 1. The average Bonchev–Trinajstić information content (AvgIpc) is 2.64. The number of carboxylic acids is 1. The molecule has 27 heavy (non-hydrogen) atoms. The maximum absolute atomic E-state index is 12.5. The van der Waals surface area contributed by atoms with Crippen molar-refractivity contribution in [1.82, 2.24) is 9.97 Å². The van der Waals surface area contributed by atoms with E-state index >= 15 is 0 Å². The Hall–Kier alpha value is -3.27. The van der Waals surface area contributed by atoms with Gasteiger partial charge in [0.25, 0.3) is 0 Å². The van der Waals surface area contributed by atoms with E-state index in [2.05, 4.69) is 25.9 Å². The second-order valence-corrected chi connectivity index (χ2v) is 6.46. The van der Waals surface area contributed by atoms with Crippen molar-refractivity contribution in [3.63, 3.8) is 0 Å². The summed E-state index contributed by atoms with van der Waals surface area (Å²) in [5.41, 5.74) is 11.7. The van der Waals surface area contributed by atoms with Crippen LogP contribution in [0, 0.1) is 6.92 Å². The van der Waals surface area contributed by atoms with Gasteiger partial charge in [0.05, 0.1) is 24.1 Å². The highest BCUT2D eigenvalue weighted by molar-refractivity contribution is 9.10. The van der Waals surface area contributed by atoms with Gasteiger partial charge in [-0.25, -0.2) is 14.8 Å². The molecular formula is C17H13BrN4O5. The van der Waals surface area contributed by atoms with Gasteiger partial charge in [-0.1, -0.05) is 0 Å². The molecule has 9 nitrogen and oxygen atoms in total. The molecule has 2 aromatic rings. The molecule has 138 valence electrons. The van der Waals surface area contributed by atoms with E-state index in [-0.39, 0.29) is 45.5 Å². The average molecular weight is 433 g/mol. The molecule has 0 saturated carbocycles. The van der Waals surface area contributed by atoms with Crippen LogP contribution in [0.3, 0.4) is 0 Å². The standard InChI is InChI=1S/C17H13BrN4O5/c1-5-8(18)9(19)13(22-11(5)17(25)26)7-4-3-6-12(21-7)15(24)10(20)16(27-2)14(6)23/h3-4H,19-20H2,1-2H3,(H,25,26). The molecule has 1 aliphatic rings. The van der Waals surface area contributed by atoms with Gasteiger partial charge in [0.15, 0.2) is 11.5 Å². The number of halogens is 1. The predicted molar refractivity (Wildman–Crippen MR) is 98.2 cm³/mol. The van der Waals surface area contributed by atoms with Gasteiger partial charge in [-0.3, -0.25) is 9.59 Å². The SMILES string of the molecule is COC1=C(N)C(=O)c2nc(-c3nc(C(=O)O)c(C)c(Br)c3N)ccc2C1=O. The molecule has 0 spiro atoms. The zero-order chi connectivity index (χ0) is 20.0. The number of hydrogen-bond acceptors (Lipinski definition) is 8. The van der Waals surface area contributed by atoms with Crippen molar-refractivity contribution in [2.24, 2.45) is 5.73 Å². The van der Waals surface area contributed by atoms with Crippen molar-refractivity contribution in [1.29, 1.82) is 0 Å². The Morgan fingerprint density at radius 3 is 2.41 bits per heavy atom. The fraction of sp³-hybridized carbons (Fsp3) is 0.118. The van der Waals surface area contributed by atoms with E-state index in [4.69, 9.17) is 16.2 Å². The number of carbonyl (C=O) groups excluding carboxylic acids is 2. The number of ether oxygens (including phenoxy) is 1. The molecule has 0 fully saturated rings. The Balaban J connectivity index is 2.24. The summed E-state index contributed by atoms with van der Waals surface area (Å²) < 4.78 is 5.26. The highest BCUT2D eigenvalue weighted by Gasteiger charge is 2.34. The number of aromatic nitrogens is 2. The van der Waals surface area contributed by atoms with Crippen LogP contribution in [-0.2, 0) is 4.74 Å². The van der Waals surface area contributed by atoms with Crippen LogP contribution in [0.2, 0.25) is 0 Å². The van der Waals surface area contributed by atoms with Crippen LogP contribution in [0.4, 0.5) is 5.69 Å². The second kappa shape index (κ2) is 6.47. The smallest absolute Gasteiger partial charge is 0.354 e. The molecule has 3 rings (SSSR count). The molecule has 0 radical (unpaired) electrons. The number of nitrogen functional groups attached to an aromatic ring is 1. The topological polar surface area (TPSA) is 158 Å². The zero-order valence-electron chi connectivity index (χ0n) is 14.2. The third-order valence-electron chi connectivity index (χ3n) is 4.10. The van der Waals surface area contributed by atoms with E-state index < -0.39 is 17.5 Å². The van der Waals surface area contributed by atoms with Gasteiger partial charge in [-0.15, -0.1) is 0 Å². The highest BCUT2D eigenvalue weighted by atomic mass is 79.9. The second-order valence-electron chi connectivity index (χ2n) is 5.66. The number of methoxy groups -OCH3 is 1. The Labute approximate surface area is 161 Å². The molecule has 0 aliphatic heterocycles. The molecule has 0 amide bonds. The van der Waals surface area contributed by atoms with Crippen molar-refractivity contribution in [2.45, 2.75) is 6.92 Å². The van der Waals surface area contributed by atoms with Crippen molar-refractivity contribution < 1.29 is 24.2 Å². The molecule has 2 aromatic heterocycles. The maximum atomic E-state index is 12.5. The monoisotopic (exact) mass is 432 g/mol. The number of allylic oxidation sites excluding steroid dienone is 2. The number of carboxylic acid groups (broad SMARTS) is 1. The Bertz CT molecular complexity index is 1080. The molecule has 1 aliphatic carbocycles. The molecule has 0 saturated heterocycles. The van der Waals surface area contributed by atoms with E-state index in [1.165, 1.54) is 19.2 Å². The molecular weight excluding hydrogens is 420 g/mol. The van der Waals surface area contributed by atoms with Crippen molar-refractivity contribution in [2.75, 3.05) is 12.8 Å². The molecule has 10 heteroatoms. The fourth-order valence-electron chi connectivity index (χ4n) is 2.69. The summed E-state index contributed by atoms with van der Waals surface area (Å²) in [6.45, 7) is 1.56. The number of carbonyl (C=O) groups is 3. The minimum absolute atomic E-state index is 0.0259. The number of aromatic carboxylic acids is 1. The van der Waals surface area contributed by atoms with E-state index in [0.29, 0.717) is 10.0 Å². The quantitative estimate of drug-likeness (QED) is 0.655. The van der Waals surface area contributed by atoms with Crippen LogP contribution >= 0.6 is 15.9 Å². The van der Waals surface area contributed by atoms with Crippen molar-refractivity contribution >= 4 is 39.2 Å². The van der Waals surface area contributed by atoms with Crippen LogP contribution < -0.4 is 11.5 Å². The van der Waals surface area contributed by atoms with Gasteiger partial charge >= 0.3 is 5.97 Å². The first-order valence-corrected chi connectivity index (χ1v) is 8.31. The third-order valence-corrected chi connectivity index (χ3v) is 5.12. The maximum Gasteiger partial charge on any atom is 0.354 e. The summed E-state index contributed by atoms with van der Waals surface area (Å²) in [4.78, 5) is 44.5. The summed E-state index contributed by atoms with van der Waals surface area (Å²) in [6, 6.07) is 2.80. The fourth-order valence-corrected chi connectivity index (χ4v) is 3.07. The lowest BCUT2D eigenvalue weighted by atomic mass is 9.95. The Morgan fingerprint density at radius 1 is 1.15 bits per heavy atom. The molecule has 0 bridgehead atoms. The van der Waals surface area contributed by atoms with Gasteiger partial charge < -0.3 is 21.3 Å². The highest BCUT2D eigenvalue weighted by Crippen LogP contribution is 2.34. The van der Waals surface area contributed by atoms with Gasteiger partial charge in [0.2, 0.25) is 11.6 Å². The number of Topliss-reactive ketones (excluding diaryl/α,β-unsaturated/α-hetero) is 2. The normalized spacial score (nSPS) is 13.6. The molecule has 0 unspecified atom stereocenters. The summed E-state index contributed by atoms with van der Waals surface area (Å²) in [7, 11) is 1.24. The molecule has 2 heterocycles. The number of rotatable bonds is 3. The number of anilines is 1. The van der Waals surface area contributed by atoms with E-state index in [1.54, 1.807) is 6.92 Å². The molecule has 0 atom stereocenters. The lowest BCUT2D eigenvalue weighted by molar-refractivity contribution is 0.0689. The summed E-state index contributed by atoms with van der Waals surface area (Å²) in [6.07, 6.45) is 0. The van der Waals surface area contributed by atoms with Gasteiger partial charge in [-0.2, -0.15) is 0 Å². The Kier molecular flexibility index (Phi) is 4.44. The Morgan fingerprint density at radius 2 is 1.81 bits per heavy atom. The molecule has 5 N–H and O–H groups in total. The number of nitrogens with zero attached hydrogens (tertiary/aromatic N) is 2. The third kappa shape index (κ3) is 2.74. The summed E-state index contributed by atoms with van der Waals surface area (Å²) in [5, 5.41) is 9.33. The number of ketones is 2. The number of pyridine rings is 2. The minimum atomic E-state index is -1.24. The van der Waals surface area contributed by atoms with E-state index in [0.717, 1.165) is 0 Å². The van der Waals surface area contributed by atoms with Gasteiger partial charge in [0, 0.05) is 4.47 Å². The van der Waals surface area contributed by atoms with Crippen LogP contribution in [-0.4, -0.2) is 39.7 Å². The predicted octanol–water partition coefficient (Wildman–Crippen LogP) is 1.69. The first-order chi connectivity index (χ1) is 12.7. The zero-order valence-corrected chi connectivity index (χ0v) is 15.7. The van der Waals surface area contributed by atoms with Gasteiger partial charge in [-0.05, 0) is 40.5 Å². The first-order valence-electron chi connectivity index (χ1n) is 7.52. The number of nitrogens with two attached hydrogens (primary N) is 2. The van der Waals surface area contributed by atoms with Crippen molar-refractivity contribution in [3.8, 4) is 11.4 Å². The van der Waals surface area contributed by atoms with Crippen LogP contribution in [0.5, 0.6) is 0 Å². The minimum Gasteiger partial charge on any atom is -0.491 e. The summed E-state index contributed by atoms with van der Waals surface area (Å²) in [5.74, 6) is -2.73. The summed E-state index contributed by atoms with van der Waals surface area (Å²) >= 11 is 3.25. The van der Waals surface area contributed by atoms with Crippen LogP contribution in [0.15, 0.2) is 28.1 Å². The van der Waals surface area contributed by atoms with Crippen LogP contribution in [0.1, 0.15) is 36.9 Å². The first kappa shape index (κ1) is 18.5.